The molecule has 1 unspecified atom stereocenters. The number of nitrogens with one attached hydrogen (secondary N) is 1. The normalized spacial score (nSPS) is 17.0. The molecule has 1 aromatic carbocycles. The third-order valence-electron chi connectivity index (χ3n) is 3.61. The van der Waals surface area contributed by atoms with E-state index in [1.807, 2.05) is 12.1 Å². The highest BCUT2D eigenvalue weighted by Gasteiger charge is 2.24. The maximum Gasteiger partial charge on any atom is 0.121 e. The van der Waals surface area contributed by atoms with Gasteiger partial charge in [-0.15, -0.1) is 11.3 Å². The third kappa shape index (κ3) is 3.53. The van der Waals surface area contributed by atoms with Crippen molar-refractivity contribution in [2.24, 2.45) is 5.92 Å². The molecule has 21 heavy (non-hydrogen) atoms. The minimum atomic E-state index is 0.365. The lowest BCUT2D eigenvalue weighted by Crippen LogP contribution is -2.07. The average molecular weight is 322 g/mol. The maximum absolute atomic E-state index is 6.11. The van der Waals surface area contributed by atoms with Crippen LogP contribution < -0.4 is 10.1 Å². The molecule has 1 aromatic heterocycles. The molecule has 0 saturated heterocycles. The van der Waals surface area contributed by atoms with Gasteiger partial charge in [0, 0.05) is 16.6 Å². The summed E-state index contributed by atoms with van der Waals surface area (Å²) in [5, 5.41) is 3.61. The molecule has 2 aromatic rings. The molecule has 0 spiro atoms. The Balaban J connectivity index is 1.69. The van der Waals surface area contributed by atoms with Crippen LogP contribution in [0.5, 0.6) is 5.75 Å². The van der Waals surface area contributed by atoms with E-state index in [-0.39, 0.29) is 0 Å². The molecule has 3 rings (SSSR count). The molecule has 2 nitrogen and oxygen atoms in total. The summed E-state index contributed by atoms with van der Waals surface area (Å²) >= 11 is 7.82. The van der Waals surface area contributed by atoms with Crippen LogP contribution in [0.3, 0.4) is 0 Å². The fourth-order valence-electron chi connectivity index (χ4n) is 2.62. The van der Waals surface area contributed by atoms with Crippen molar-refractivity contribution in [3.63, 3.8) is 0 Å². The fraction of sp³-hybridized carbons (Fsp3) is 0.412. The lowest BCUT2D eigenvalue weighted by Gasteiger charge is -2.16. The predicted octanol–water partition coefficient (Wildman–Crippen LogP) is 5.54. The van der Waals surface area contributed by atoms with E-state index < -0.39 is 0 Å². The Kier molecular flexibility index (Phi) is 4.41. The van der Waals surface area contributed by atoms with E-state index in [0.29, 0.717) is 12.0 Å². The maximum atomic E-state index is 6.11. The van der Waals surface area contributed by atoms with Crippen molar-refractivity contribution >= 4 is 28.6 Å². The Bertz CT molecular complexity index is 623. The van der Waals surface area contributed by atoms with E-state index in [0.717, 1.165) is 35.2 Å². The minimum Gasteiger partial charge on any atom is -0.493 e. The molecule has 112 valence electrons. The number of hydrogen-bond donors (Lipinski definition) is 1. The second-order valence-electron chi connectivity index (χ2n) is 5.90. The van der Waals surface area contributed by atoms with Gasteiger partial charge in [-0.1, -0.05) is 31.5 Å². The van der Waals surface area contributed by atoms with Crippen LogP contribution >= 0.6 is 22.9 Å². The van der Waals surface area contributed by atoms with E-state index in [2.05, 4.69) is 37.4 Å². The van der Waals surface area contributed by atoms with Gasteiger partial charge in [0.1, 0.15) is 5.75 Å². The molecule has 0 fully saturated rings. The van der Waals surface area contributed by atoms with Crippen LogP contribution in [0.1, 0.15) is 36.8 Å². The number of fused-ring (bicyclic) bond motifs is 1. The van der Waals surface area contributed by atoms with E-state index in [1.54, 1.807) is 11.3 Å². The summed E-state index contributed by atoms with van der Waals surface area (Å²) in [5.74, 6) is 1.46. The Morgan fingerprint density at radius 3 is 3.05 bits per heavy atom. The number of thiophene rings is 1. The monoisotopic (exact) mass is 321 g/mol. The number of rotatable bonds is 5. The van der Waals surface area contributed by atoms with E-state index in [1.165, 1.54) is 10.4 Å². The molecule has 1 aliphatic carbocycles. The molecule has 0 saturated carbocycles. The zero-order valence-corrected chi connectivity index (χ0v) is 13.9. The molecular weight excluding hydrogens is 302 g/mol. The van der Waals surface area contributed by atoms with E-state index in [9.17, 15) is 0 Å². The molecular formula is C17H20ClNOS. The summed E-state index contributed by atoms with van der Waals surface area (Å²) in [4.78, 5) is 1.42. The van der Waals surface area contributed by atoms with E-state index >= 15 is 0 Å². The van der Waals surface area contributed by atoms with Crippen LogP contribution in [0.2, 0.25) is 4.34 Å². The molecule has 4 heteroatoms. The van der Waals surface area contributed by atoms with Crippen molar-refractivity contribution in [1.82, 2.24) is 0 Å². The van der Waals surface area contributed by atoms with Crippen molar-refractivity contribution in [3.8, 4) is 5.75 Å². The zero-order valence-electron chi connectivity index (χ0n) is 12.4. The van der Waals surface area contributed by atoms with Gasteiger partial charge in [-0.3, -0.25) is 0 Å². The van der Waals surface area contributed by atoms with Crippen LogP contribution in [0.25, 0.3) is 0 Å². The van der Waals surface area contributed by atoms with Crippen molar-refractivity contribution < 1.29 is 4.74 Å². The van der Waals surface area contributed by atoms with Crippen molar-refractivity contribution in [1.29, 1.82) is 0 Å². The SMILES string of the molecule is CC(C)COc1cccc(NC2CCc3sc(Cl)cc32)c1. The number of halogens is 1. The number of anilines is 1. The number of aryl methyl sites for hydroxylation is 1. The fourth-order valence-corrected chi connectivity index (χ4v) is 3.98. The standard InChI is InChI=1S/C17H20ClNOS/c1-11(2)10-20-13-5-3-4-12(8-13)19-15-6-7-16-14(15)9-17(18)21-16/h3-5,8-9,11,15,19H,6-7,10H2,1-2H3. The third-order valence-corrected chi connectivity index (χ3v) is 4.95. The van der Waals surface area contributed by atoms with E-state index in [4.69, 9.17) is 16.3 Å². The van der Waals surface area contributed by atoms with Gasteiger partial charge < -0.3 is 10.1 Å². The molecule has 0 amide bonds. The summed E-state index contributed by atoms with van der Waals surface area (Å²) in [6, 6.07) is 10.7. The van der Waals surface area contributed by atoms with Gasteiger partial charge in [-0.05, 0) is 42.5 Å². The lowest BCUT2D eigenvalue weighted by molar-refractivity contribution is 0.271. The first kappa shape index (κ1) is 14.7. The van der Waals surface area contributed by atoms with Crippen LogP contribution in [-0.4, -0.2) is 6.61 Å². The van der Waals surface area contributed by atoms with Gasteiger partial charge in [0.05, 0.1) is 17.0 Å². The highest BCUT2D eigenvalue weighted by atomic mass is 35.5. The largest absolute Gasteiger partial charge is 0.493 e. The second-order valence-corrected chi connectivity index (χ2v) is 7.67. The Morgan fingerprint density at radius 2 is 2.24 bits per heavy atom. The summed E-state index contributed by atoms with van der Waals surface area (Å²) < 4.78 is 6.68. The summed E-state index contributed by atoms with van der Waals surface area (Å²) in [6.45, 7) is 5.06. The van der Waals surface area contributed by atoms with Gasteiger partial charge in [0.15, 0.2) is 0 Å². The molecule has 0 aliphatic heterocycles. The summed E-state index contributed by atoms with van der Waals surface area (Å²) in [5.41, 5.74) is 2.47. The zero-order chi connectivity index (χ0) is 14.8. The first-order valence-corrected chi connectivity index (χ1v) is 8.59. The number of hydrogen-bond acceptors (Lipinski definition) is 3. The quantitative estimate of drug-likeness (QED) is 0.781. The topological polar surface area (TPSA) is 21.3 Å². The van der Waals surface area contributed by atoms with Gasteiger partial charge in [-0.25, -0.2) is 0 Å². The molecule has 1 N–H and O–H groups in total. The van der Waals surface area contributed by atoms with Gasteiger partial charge in [0.2, 0.25) is 0 Å². The Morgan fingerprint density at radius 1 is 1.38 bits per heavy atom. The minimum absolute atomic E-state index is 0.365. The molecule has 1 aliphatic rings. The van der Waals surface area contributed by atoms with Gasteiger partial charge in [0.25, 0.3) is 0 Å². The highest BCUT2D eigenvalue weighted by molar-refractivity contribution is 7.16. The number of ether oxygens (including phenoxy) is 1. The van der Waals surface area contributed by atoms with Crippen LogP contribution in [0.15, 0.2) is 30.3 Å². The molecule has 0 bridgehead atoms. The van der Waals surface area contributed by atoms with Crippen LogP contribution in [0.4, 0.5) is 5.69 Å². The van der Waals surface area contributed by atoms with Gasteiger partial charge in [-0.2, -0.15) is 0 Å². The summed E-state index contributed by atoms with van der Waals surface area (Å²) in [7, 11) is 0. The van der Waals surface area contributed by atoms with Crippen molar-refractivity contribution in [2.75, 3.05) is 11.9 Å². The highest BCUT2D eigenvalue weighted by Crippen LogP contribution is 2.41. The smallest absolute Gasteiger partial charge is 0.121 e. The molecule has 1 heterocycles. The Labute approximate surface area is 135 Å². The number of benzene rings is 1. The van der Waals surface area contributed by atoms with Crippen molar-refractivity contribution in [2.45, 2.75) is 32.7 Å². The first-order valence-electron chi connectivity index (χ1n) is 7.39. The van der Waals surface area contributed by atoms with Crippen LogP contribution in [-0.2, 0) is 6.42 Å². The summed E-state index contributed by atoms with van der Waals surface area (Å²) in [6.07, 6.45) is 2.25. The average Bonchev–Trinajstić information content (AvgIpc) is 2.98. The Hall–Kier alpha value is -1.19. The van der Waals surface area contributed by atoms with Crippen molar-refractivity contribution in [3.05, 3.63) is 45.1 Å². The molecule has 1 atom stereocenters. The lowest BCUT2D eigenvalue weighted by atomic mass is 10.1. The van der Waals surface area contributed by atoms with Gasteiger partial charge >= 0.3 is 0 Å². The second kappa shape index (κ2) is 6.29. The first-order chi connectivity index (χ1) is 10.1. The molecule has 0 radical (unpaired) electrons. The van der Waals surface area contributed by atoms with Crippen LogP contribution in [0, 0.1) is 5.92 Å². The predicted molar refractivity (Wildman–Crippen MR) is 90.8 cm³/mol.